The number of nitrogens with zero attached hydrogens (tertiary/aromatic N) is 1. The van der Waals surface area contributed by atoms with Gasteiger partial charge >= 0.3 is 0 Å². The monoisotopic (exact) mass is 383 g/mol. The van der Waals surface area contributed by atoms with Crippen LogP contribution in [-0.4, -0.2) is 36.9 Å². The fourth-order valence-corrected chi connectivity index (χ4v) is 2.25. The van der Waals surface area contributed by atoms with Crippen LogP contribution in [0.1, 0.15) is 5.56 Å². The highest BCUT2D eigenvalue weighted by Crippen LogP contribution is 2.19. The molecule has 2 amide bonds. The number of carbonyl (C=O) groups is 2. The number of halogens is 4. The molecule has 0 bridgehead atoms. The van der Waals surface area contributed by atoms with Crippen molar-refractivity contribution in [2.24, 2.45) is 0 Å². The van der Waals surface area contributed by atoms with Crippen LogP contribution in [0.2, 0.25) is 0 Å². The summed E-state index contributed by atoms with van der Waals surface area (Å²) in [5.41, 5.74) is -0.184. The van der Waals surface area contributed by atoms with E-state index in [-0.39, 0.29) is 19.6 Å². The third kappa shape index (κ3) is 5.78. The van der Waals surface area contributed by atoms with E-state index in [1.807, 2.05) is 0 Å². The molecule has 0 unspecified atom stereocenters. The Hall–Kier alpha value is -2.94. The third-order valence-electron chi connectivity index (χ3n) is 3.57. The Morgan fingerprint density at radius 1 is 0.889 bits per heavy atom. The maximum absolute atomic E-state index is 13.5. The quantitative estimate of drug-likeness (QED) is 0.570. The summed E-state index contributed by atoms with van der Waals surface area (Å²) in [6.45, 7) is -0.487. The van der Waals surface area contributed by atoms with Crippen LogP contribution >= 0.6 is 0 Å². The molecule has 2 aromatic carbocycles. The molecule has 0 fully saturated rings. The van der Waals surface area contributed by atoms with Gasteiger partial charge in [-0.15, -0.1) is 0 Å². The van der Waals surface area contributed by atoms with Gasteiger partial charge in [0.25, 0.3) is 0 Å². The first kappa shape index (κ1) is 20.4. The lowest BCUT2D eigenvalue weighted by Gasteiger charge is -2.16. The van der Waals surface area contributed by atoms with Crippen molar-refractivity contribution in [1.29, 1.82) is 0 Å². The first-order valence-electron chi connectivity index (χ1n) is 7.90. The van der Waals surface area contributed by atoms with Crippen LogP contribution in [0.5, 0.6) is 0 Å². The van der Waals surface area contributed by atoms with Gasteiger partial charge in [-0.2, -0.15) is 0 Å². The smallest absolute Gasteiger partial charge is 0.238 e. The number of nitrogens with one attached hydrogen (secondary N) is 2. The molecule has 0 aliphatic carbocycles. The number of hydrogen-bond donors (Lipinski definition) is 2. The van der Waals surface area contributed by atoms with Crippen LogP contribution in [0.3, 0.4) is 0 Å². The second kappa shape index (κ2) is 9.13. The Labute approximate surface area is 153 Å². The average molecular weight is 383 g/mol. The van der Waals surface area contributed by atoms with Gasteiger partial charge in [-0.1, -0.05) is 18.2 Å². The number of carbonyl (C=O) groups excluding carboxylic acids is 2. The highest BCUT2D eigenvalue weighted by atomic mass is 19.2. The van der Waals surface area contributed by atoms with Crippen molar-refractivity contribution >= 4 is 17.5 Å². The number of likely N-dealkylation sites (N-methyl/N-ethyl adjacent to an activating group) is 1. The molecule has 0 aromatic heterocycles. The van der Waals surface area contributed by atoms with E-state index in [0.717, 1.165) is 6.07 Å². The van der Waals surface area contributed by atoms with E-state index >= 15 is 0 Å². The van der Waals surface area contributed by atoms with E-state index in [9.17, 15) is 27.2 Å². The van der Waals surface area contributed by atoms with E-state index in [4.69, 9.17) is 0 Å². The van der Waals surface area contributed by atoms with Gasteiger partial charge in [0, 0.05) is 12.1 Å². The summed E-state index contributed by atoms with van der Waals surface area (Å²) in [5, 5.41) is 4.62. The van der Waals surface area contributed by atoms with Crippen molar-refractivity contribution < 1.29 is 27.2 Å². The predicted molar refractivity (Wildman–Crippen MR) is 90.7 cm³/mol. The third-order valence-corrected chi connectivity index (χ3v) is 3.57. The van der Waals surface area contributed by atoms with Gasteiger partial charge in [-0.05, 0) is 25.2 Å². The van der Waals surface area contributed by atoms with Crippen molar-refractivity contribution in [1.82, 2.24) is 10.2 Å². The summed E-state index contributed by atoms with van der Waals surface area (Å²) in [5.74, 6) is -6.17. The molecule has 144 valence electrons. The van der Waals surface area contributed by atoms with Crippen LogP contribution in [-0.2, 0) is 16.1 Å². The summed E-state index contributed by atoms with van der Waals surface area (Å²) < 4.78 is 53.0. The molecule has 0 saturated heterocycles. The summed E-state index contributed by atoms with van der Waals surface area (Å²) in [4.78, 5) is 25.0. The summed E-state index contributed by atoms with van der Waals surface area (Å²) in [6.07, 6.45) is 0. The van der Waals surface area contributed by atoms with Crippen LogP contribution in [0.15, 0.2) is 36.4 Å². The summed E-state index contributed by atoms with van der Waals surface area (Å²) in [7, 11) is 1.46. The standard InChI is InChI=1S/C18H17F4N3O2/c1-25(9-15(26)23-8-11-4-2-3-5-12(11)19)10-16(27)24-14-7-6-13(20)17(21)18(14)22/h2-7H,8-10H2,1H3,(H,23,26)(H,24,27). The van der Waals surface area contributed by atoms with E-state index in [0.29, 0.717) is 11.6 Å². The molecule has 0 aliphatic heterocycles. The Balaban J connectivity index is 1.81. The largest absolute Gasteiger partial charge is 0.351 e. The molecule has 2 aromatic rings. The molecule has 0 heterocycles. The van der Waals surface area contributed by atoms with Crippen molar-refractivity contribution in [2.75, 3.05) is 25.5 Å². The highest BCUT2D eigenvalue weighted by molar-refractivity contribution is 5.92. The van der Waals surface area contributed by atoms with E-state index in [1.165, 1.54) is 30.1 Å². The lowest BCUT2D eigenvalue weighted by atomic mass is 10.2. The minimum absolute atomic E-state index is 0.00832. The van der Waals surface area contributed by atoms with Crippen molar-refractivity contribution in [3.8, 4) is 0 Å². The van der Waals surface area contributed by atoms with Gasteiger partial charge in [0.05, 0.1) is 18.8 Å². The van der Waals surface area contributed by atoms with E-state index < -0.39 is 40.8 Å². The van der Waals surface area contributed by atoms with Gasteiger partial charge in [-0.3, -0.25) is 14.5 Å². The molecule has 27 heavy (non-hydrogen) atoms. The van der Waals surface area contributed by atoms with Gasteiger partial charge in [-0.25, -0.2) is 17.6 Å². The number of amides is 2. The van der Waals surface area contributed by atoms with Gasteiger partial charge in [0.15, 0.2) is 17.5 Å². The lowest BCUT2D eigenvalue weighted by Crippen LogP contribution is -2.38. The molecule has 0 spiro atoms. The van der Waals surface area contributed by atoms with Crippen LogP contribution in [0, 0.1) is 23.3 Å². The molecule has 0 saturated carbocycles. The summed E-state index contributed by atoms with van der Waals surface area (Å²) in [6, 6.07) is 7.56. The SMILES string of the molecule is CN(CC(=O)NCc1ccccc1F)CC(=O)Nc1ccc(F)c(F)c1F. The Morgan fingerprint density at radius 3 is 2.26 bits per heavy atom. The Bertz CT molecular complexity index is 845. The van der Waals surface area contributed by atoms with Crippen molar-refractivity contribution in [3.05, 3.63) is 65.2 Å². The second-order valence-corrected chi connectivity index (χ2v) is 5.81. The van der Waals surface area contributed by atoms with Crippen molar-refractivity contribution in [3.63, 3.8) is 0 Å². The number of hydrogen-bond acceptors (Lipinski definition) is 3. The maximum Gasteiger partial charge on any atom is 0.238 e. The first-order valence-corrected chi connectivity index (χ1v) is 7.90. The number of rotatable bonds is 7. The average Bonchev–Trinajstić information content (AvgIpc) is 2.61. The molecule has 0 radical (unpaired) electrons. The molecule has 0 aliphatic rings. The topological polar surface area (TPSA) is 61.4 Å². The van der Waals surface area contributed by atoms with Crippen LogP contribution in [0.4, 0.5) is 23.2 Å². The fraction of sp³-hybridized carbons (Fsp3) is 0.222. The first-order chi connectivity index (χ1) is 12.8. The number of benzene rings is 2. The molecular formula is C18H17F4N3O2. The van der Waals surface area contributed by atoms with Gasteiger partial charge in [0.1, 0.15) is 5.82 Å². The predicted octanol–water partition coefficient (Wildman–Crippen LogP) is 2.43. The Morgan fingerprint density at radius 2 is 1.56 bits per heavy atom. The minimum Gasteiger partial charge on any atom is -0.351 e. The second-order valence-electron chi connectivity index (χ2n) is 5.81. The maximum atomic E-state index is 13.5. The molecule has 0 atom stereocenters. The zero-order chi connectivity index (χ0) is 20.0. The molecular weight excluding hydrogens is 366 g/mol. The zero-order valence-electron chi connectivity index (χ0n) is 14.4. The lowest BCUT2D eigenvalue weighted by molar-refractivity contribution is -0.123. The number of anilines is 1. The fourth-order valence-electron chi connectivity index (χ4n) is 2.25. The van der Waals surface area contributed by atoms with Gasteiger partial charge < -0.3 is 10.6 Å². The van der Waals surface area contributed by atoms with E-state index in [2.05, 4.69) is 10.6 Å². The van der Waals surface area contributed by atoms with Crippen molar-refractivity contribution in [2.45, 2.75) is 6.54 Å². The molecule has 5 nitrogen and oxygen atoms in total. The Kier molecular flexibility index (Phi) is 6.89. The highest BCUT2D eigenvalue weighted by Gasteiger charge is 2.17. The normalized spacial score (nSPS) is 10.7. The molecule has 2 N–H and O–H groups in total. The van der Waals surface area contributed by atoms with E-state index in [1.54, 1.807) is 6.07 Å². The van der Waals surface area contributed by atoms with Crippen LogP contribution < -0.4 is 10.6 Å². The van der Waals surface area contributed by atoms with Crippen LogP contribution in [0.25, 0.3) is 0 Å². The minimum atomic E-state index is -1.69. The van der Waals surface area contributed by atoms with Gasteiger partial charge in [0.2, 0.25) is 11.8 Å². The zero-order valence-corrected chi connectivity index (χ0v) is 14.4. The molecule has 2 rings (SSSR count). The molecule has 9 heteroatoms. The summed E-state index contributed by atoms with van der Waals surface area (Å²) >= 11 is 0.